The molecule has 6 nitrogen and oxygen atoms in total. The van der Waals surface area contributed by atoms with Crippen LogP contribution >= 0.6 is 0 Å². The van der Waals surface area contributed by atoms with Crippen LogP contribution in [-0.4, -0.2) is 33.4 Å². The molecule has 0 amide bonds. The Morgan fingerprint density at radius 3 is 2.44 bits per heavy atom. The predicted molar refractivity (Wildman–Crippen MR) is 92.9 cm³/mol. The molecule has 1 heterocycles. The molecule has 0 aliphatic carbocycles. The van der Waals surface area contributed by atoms with Crippen LogP contribution in [0, 0.1) is 5.92 Å². The van der Waals surface area contributed by atoms with Crippen molar-refractivity contribution in [3.8, 4) is 0 Å². The molecule has 0 saturated heterocycles. The summed E-state index contributed by atoms with van der Waals surface area (Å²) in [7, 11) is 0. The van der Waals surface area contributed by atoms with Crippen LogP contribution in [0.25, 0.3) is 11.0 Å². The van der Waals surface area contributed by atoms with Crippen LogP contribution in [0.2, 0.25) is 0 Å². The van der Waals surface area contributed by atoms with Gasteiger partial charge in [-0.2, -0.15) is 0 Å². The Kier molecular flexibility index (Phi) is 4.88. The number of esters is 1. The lowest BCUT2D eigenvalue weighted by Gasteiger charge is -2.24. The molecule has 0 spiro atoms. The first kappa shape index (κ1) is 16.8. The Balaban J connectivity index is 2.19. The molecule has 25 heavy (non-hydrogen) atoms. The van der Waals surface area contributed by atoms with Gasteiger partial charge in [0, 0.05) is 0 Å². The fraction of sp³-hybridized carbons (Fsp3) is 0.263. The van der Waals surface area contributed by atoms with E-state index in [1.165, 1.54) is 6.92 Å². The zero-order valence-electron chi connectivity index (χ0n) is 14.1. The number of ether oxygens (including phenoxy) is 1. The van der Waals surface area contributed by atoms with Gasteiger partial charge >= 0.3 is 5.97 Å². The number of ketones is 1. The predicted octanol–water partition coefficient (Wildman–Crippen LogP) is 2.79. The number of nitrogens with zero attached hydrogens (tertiary/aromatic N) is 3. The molecule has 0 fully saturated rings. The summed E-state index contributed by atoms with van der Waals surface area (Å²) in [5.74, 6) is -1.82. The molecule has 2 unspecified atom stereocenters. The van der Waals surface area contributed by atoms with E-state index in [1.807, 2.05) is 54.6 Å². The molecule has 3 rings (SSSR count). The molecular weight excluding hydrogens is 318 g/mol. The van der Waals surface area contributed by atoms with Crippen molar-refractivity contribution in [3.63, 3.8) is 0 Å². The highest BCUT2D eigenvalue weighted by molar-refractivity contribution is 5.99. The number of carbonyl (C=O) groups excluding carboxylic acids is 2. The summed E-state index contributed by atoms with van der Waals surface area (Å²) in [5, 5.41) is 8.39. The number of para-hydroxylation sites is 1. The van der Waals surface area contributed by atoms with Gasteiger partial charge in [0.25, 0.3) is 0 Å². The van der Waals surface area contributed by atoms with Crippen molar-refractivity contribution < 1.29 is 14.3 Å². The Hall–Kier alpha value is -3.02. The number of hydrogen-bond donors (Lipinski definition) is 0. The fourth-order valence-electron chi connectivity index (χ4n) is 2.97. The molecule has 0 bridgehead atoms. The van der Waals surface area contributed by atoms with E-state index >= 15 is 0 Å². The number of aromatic nitrogens is 3. The first-order valence-electron chi connectivity index (χ1n) is 8.15. The van der Waals surface area contributed by atoms with Crippen molar-refractivity contribution in [2.24, 2.45) is 5.92 Å². The van der Waals surface area contributed by atoms with Gasteiger partial charge in [-0.25, -0.2) is 4.68 Å². The van der Waals surface area contributed by atoms with Gasteiger partial charge in [-0.05, 0) is 31.5 Å². The third-order valence-electron chi connectivity index (χ3n) is 4.08. The van der Waals surface area contributed by atoms with E-state index in [2.05, 4.69) is 10.3 Å². The molecule has 128 valence electrons. The summed E-state index contributed by atoms with van der Waals surface area (Å²) in [6.45, 7) is 3.33. The summed E-state index contributed by atoms with van der Waals surface area (Å²) in [5.41, 5.74) is 2.26. The molecule has 0 N–H and O–H groups in total. The molecule has 0 aliphatic heterocycles. The molecule has 0 radical (unpaired) electrons. The van der Waals surface area contributed by atoms with Gasteiger partial charge in [-0.3, -0.25) is 9.59 Å². The maximum Gasteiger partial charge on any atom is 0.319 e. The highest BCUT2D eigenvalue weighted by Crippen LogP contribution is 2.30. The van der Waals surface area contributed by atoms with Gasteiger partial charge < -0.3 is 4.74 Å². The van der Waals surface area contributed by atoms with Crippen LogP contribution in [0.15, 0.2) is 54.6 Å². The second-order valence-electron chi connectivity index (χ2n) is 5.72. The van der Waals surface area contributed by atoms with Crippen molar-refractivity contribution in [2.75, 3.05) is 6.61 Å². The molecule has 0 saturated carbocycles. The molecule has 2 atom stereocenters. The van der Waals surface area contributed by atoms with Gasteiger partial charge in [0.2, 0.25) is 0 Å². The Labute approximate surface area is 145 Å². The topological polar surface area (TPSA) is 74.1 Å². The van der Waals surface area contributed by atoms with E-state index < -0.39 is 17.9 Å². The summed E-state index contributed by atoms with van der Waals surface area (Å²) in [4.78, 5) is 24.9. The highest BCUT2D eigenvalue weighted by Gasteiger charge is 2.37. The van der Waals surface area contributed by atoms with Crippen LogP contribution in [0.4, 0.5) is 0 Å². The van der Waals surface area contributed by atoms with Crippen LogP contribution < -0.4 is 0 Å². The first-order valence-corrected chi connectivity index (χ1v) is 8.15. The van der Waals surface area contributed by atoms with Gasteiger partial charge in [-0.15, -0.1) is 5.10 Å². The Bertz CT molecular complexity index is 889. The summed E-state index contributed by atoms with van der Waals surface area (Å²) in [6, 6.07) is 16.2. The minimum Gasteiger partial charge on any atom is -0.465 e. The van der Waals surface area contributed by atoms with Gasteiger partial charge in [0.05, 0.1) is 18.2 Å². The van der Waals surface area contributed by atoms with E-state index in [4.69, 9.17) is 4.74 Å². The average Bonchev–Trinajstić information content (AvgIpc) is 3.04. The SMILES string of the molecule is CCOC(=O)C(C(C)=O)C(c1ccccc1)n1nnc2ccccc21. The zero-order chi connectivity index (χ0) is 17.8. The van der Waals surface area contributed by atoms with Crippen LogP contribution in [0.1, 0.15) is 25.5 Å². The van der Waals surface area contributed by atoms with E-state index in [1.54, 1.807) is 11.6 Å². The van der Waals surface area contributed by atoms with Crippen LogP contribution in [0.5, 0.6) is 0 Å². The lowest BCUT2D eigenvalue weighted by Crippen LogP contribution is -2.34. The molecular formula is C19H19N3O3. The van der Waals surface area contributed by atoms with Crippen molar-refractivity contribution in [2.45, 2.75) is 19.9 Å². The standard InChI is InChI=1S/C19H19N3O3/c1-3-25-19(24)17(13(2)23)18(14-9-5-4-6-10-14)22-16-12-8-7-11-15(16)20-21-22/h4-12,17-18H,3H2,1-2H3. The maximum absolute atomic E-state index is 12.5. The number of rotatable bonds is 6. The maximum atomic E-state index is 12.5. The number of Topliss-reactive ketones (excluding diaryl/α,β-unsaturated/α-hetero) is 1. The molecule has 0 aliphatic rings. The minimum absolute atomic E-state index is 0.211. The number of hydrogen-bond acceptors (Lipinski definition) is 5. The number of fused-ring (bicyclic) bond motifs is 1. The second-order valence-corrected chi connectivity index (χ2v) is 5.72. The molecule has 3 aromatic rings. The van der Waals surface area contributed by atoms with Gasteiger partial charge in [0.1, 0.15) is 17.2 Å². The summed E-state index contributed by atoms with van der Waals surface area (Å²) >= 11 is 0. The van der Waals surface area contributed by atoms with Crippen molar-refractivity contribution >= 4 is 22.8 Å². The monoisotopic (exact) mass is 337 g/mol. The van der Waals surface area contributed by atoms with E-state index in [9.17, 15) is 9.59 Å². The smallest absolute Gasteiger partial charge is 0.319 e. The Morgan fingerprint density at radius 2 is 1.76 bits per heavy atom. The third kappa shape index (κ3) is 3.28. The highest BCUT2D eigenvalue weighted by atomic mass is 16.5. The molecule has 1 aromatic heterocycles. The summed E-state index contributed by atoms with van der Waals surface area (Å²) < 4.78 is 6.79. The van der Waals surface area contributed by atoms with Crippen molar-refractivity contribution in [3.05, 3.63) is 60.2 Å². The van der Waals surface area contributed by atoms with Crippen molar-refractivity contribution in [1.29, 1.82) is 0 Å². The second kappa shape index (κ2) is 7.25. The average molecular weight is 337 g/mol. The third-order valence-corrected chi connectivity index (χ3v) is 4.08. The lowest BCUT2D eigenvalue weighted by molar-refractivity contribution is -0.152. The molecule has 2 aromatic carbocycles. The Morgan fingerprint density at radius 1 is 1.08 bits per heavy atom. The largest absolute Gasteiger partial charge is 0.465 e. The number of benzene rings is 2. The van der Waals surface area contributed by atoms with E-state index in [0.717, 1.165) is 11.1 Å². The lowest BCUT2D eigenvalue weighted by atomic mass is 9.90. The van der Waals surface area contributed by atoms with E-state index in [0.29, 0.717) is 5.52 Å². The minimum atomic E-state index is -0.993. The quantitative estimate of drug-likeness (QED) is 0.511. The van der Waals surface area contributed by atoms with Crippen molar-refractivity contribution in [1.82, 2.24) is 15.0 Å². The zero-order valence-corrected chi connectivity index (χ0v) is 14.1. The van der Waals surface area contributed by atoms with Gasteiger partial charge in [-0.1, -0.05) is 47.7 Å². The van der Waals surface area contributed by atoms with Crippen LogP contribution in [-0.2, 0) is 14.3 Å². The van der Waals surface area contributed by atoms with Gasteiger partial charge in [0.15, 0.2) is 0 Å². The molecule has 6 heteroatoms. The first-order chi connectivity index (χ1) is 12.1. The normalized spacial score (nSPS) is 13.4. The van der Waals surface area contributed by atoms with Crippen LogP contribution in [0.3, 0.4) is 0 Å². The number of carbonyl (C=O) groups is 2. The summed E-state index contributed by atoms with van der Waals surface area (Å²) in [6.07, 6.45) is 0. The fourth-order valence-corrected chi connectivity index (χ4v) is 2.97. The van der Waals surface area contributed by atoms with E-state index in [-0.39, 0.29) is 12.4 Å².